The Hall–Kier alpha value is -2.23. The highest BCUT2D eigenvalue weighted by Gasteiger charge is 2.17. The molecule has 0 fully saturated rings. The van der Waals surface area contributed by atoms with Gasteiger partial charge in [0.05, 0.1) is 13.2 Å². The fourth-order valence-corrected chi connectivity index (χ4v) is 2.06. The smallest absolute Gasteiger partial charge is 0.311 e. The van der Waals surface area contributed by atoms with Gasteiger partial charge in [-0.1, -0.05) is 0 Å². The van der Waals surface area contributed by atoms with Crippen LogP contribution in [0.3, 0.4) is 0 Å². The number of H-pyrrole nitrogens is 1. The van der Waals surface area contributed by atoms with E-state index in [-0.39, 0.29) is 0 Å². The third kappa shape index (κ3) is 1.66. The van der Waals surface area contributed by atoms with Crippen molar-refractivity contribution in [3.05, 3.63) is 42.4 Å². The van der Waals surface area contributed by atoms with Crippen LogP contribution in [0.5, 0.6) is 0 Å². The van der Waals surface area contributed by atoms with Gasteiger partial charge in [0.1, 0.15) is 18.1 Å². The van der Waals surface area contributed by atoms with Gasteiger partial charge in [-0.3, -0.25) is 0 Å². The maximum atomic E-state index is 4.65. The van der Waals surface area contributed by atoms with E-state index in [1.54, 1.807) is 0 Å². The van der Waals surface area contributed by atoms with Crippen molar-refractivity contribution in [1.82, 2.24) is 9.97 Å². The molecule has 3 aromatic heterocycles. The third-order valence-electron chi connectivity index (χ3n) is 3.28. The Morgan fingerprint density at radius 1 is 1.11 bits per heavy atom. The van der Waals surface area contributed by atoms with E-state index in [0.29, 0.717) is 0 Å². The zero-order chi connectivity index (χ0) is 12.7. The van der Waals surface area contributed by atoms with Gasteiger partial charge in [0.15, 0.2) is 11.9 Å². The third-order valence-corrected chi connectivity index (χ3v) is 3.28. The fourth-order valence-electron chi connectivity index (χ4n) is 2.06. The average molecular weight is 240 g/mol. The highest BCUT2D eigenvalue weighted by atomic mass is 15.1. The molecule has 0 spiro atoms. The van der Waals surface area contributed by atoms with Crippen LogP contribution in [-0.2, 0) is 14.1 Å². The van der Waals surface area contributed by atoms with Crippen LogP contribution in [0.4, 0.5) is 0 Å². The number of hydrogen-bond donors (Lipinski definition) is 1. The number of aromatic nitrogens is 4. The van der Waals surface area contributed by atoms with Gasteiger partial charge in [-0.25, -0.2) is 9.13 Å². The molecule has 0 amide bonds. The average Bonchev–Trinajstić information content (AvgIpc) is 2.78. The molecule has 0 radical (unpaired) electrons. The van der Waals surface area contributed by atoms with Gasteiger partial charge in [-0.05, 0) is 23.2 Å². The predicted molar refractivity (Wildman–Crippen MR) is 68.6 cm³/mol. The molecule has 0 saturated carbocycles. The van der Waals surface area contributed by atoms with Crippen LogP contribution in [-0.4, -0.2) is 9.97 Å². The summed E-state index contributed by atoms with van der Waals surface area (Å²) in [5.74, 6) is 0.905. The Balaban J connectivity index is 2.19. The summed E-state index contributed by atoms with van der Waals surface area (Å²) in [4.78, 5) is 8.00. The van der Waals surface area contributed by atoms with Crippen LogP contribution in [0.1, 0.15) is 5.69 Å². The van der Waals surface area contributed by atoms with Gasteiger partial charge in [0, 0.05) is 13.0 Å². The summed E-state index contributed by atoms with van der Waals surface area (Å²) in [6.07, 6.45) is 4.09. The molecule has 90 valence electrons. The maximum absolute atomic E-state index is 4.65. The quantitative estimate of drug-likeness (QED) is 0.637. The molecule has 0 unspecified atom stereocenters. The van der Waals surface area contributed by atoms with Crippen molar-refractivity contribution in [1.29, 1.82) is 0 Å². The van der Waals surface area contributed by atoms with Crippen molar-refractivity contribution < 1.29 is 9.13 Å². The number of imidazole rings is 1. The number of nitrogens with one attached hydrogen (secondary N) is 1. The van der Waals surface area contributed by atoms with Gasteiger partial charge >= 0.3 is 5.65 Å². The summed E-state index contributed by atoms with van der Waals surface area (Å²) in [5.41, 5.74) is 4.34. The van der Waals surface area contributed by atoms with Crippen LogP contribution in [0.15, 0.2) is 36.7 Å². The van der Waals surface area contributed by atoms with Crippen LogP contribution in [0.25, 0.3) is 22.6 Å². The number of fused-ring (bicyclic) bond motifs is 1. The van der Waals surface area contributed by atoms with E-state index in [1.165, 1.54) is 5.69 Å². The number of nitrogens with zero attached hydrogens (tertiary/aromatic N) is 3. The molecule has 0 saturated heterocycles. The van der Waals surface area contributed by atoms with Crippen molar-refractivity contribution in [2.24, 2.45) is 14.1 Å². The zero-order valence-corrected chi connectivity index (χ0v) is 10.8. The summed E-state index contributed by atoms with van der Waals surface area (Å²) in [6, 6.07) is 8.25. The Kier molecular flexibility index (Phi) is 2.37. The van der Waals surface area contributed by atoms with Crippen molar-refractivity contribution in [3.63, 3.8) is 0 Å². The molecule has 0 aliphatic carbocycles. The molecular formula is C14H16N4+2. The van der Waals surface area contributed by atoms with E-state index < -0.39 is 0 Å². The number of aromatic amines is 1. The van der Waals surface area contributed by atoms with Crippen molar-refractivity contribution in [2.45, 2.75) is 6.92 Å². The van der Waals surface area contributed by atoms with Gasteiger partial charge in [0.25, 0.3) is 5.82 Å². The first-order valence-electron chi connectivity index (χ1n) is 5.96. The van der Waals surface area contributed by atoms with E-state index in [4.69, 9.17) is 0 Å². The fraction of sp³-hybridized carbons (Fsp3) is 0.214. The molecule has 3 aromatic rings. The molecule has 18 heavy (non-hydrogen) atoms. The van der Waals surface area contributed by atoms with Crippen molar-refractivity contribution in [3.8, 4) is 11.4 Å². The molecule has 0 aromatic carbocycles. The standard InChI is InChI=1S/C14H15N4/c1-10-6-7-11(9-18(10)3)13-15-12-5-4-8-17(2)14(12)16-13/h4-9H,1-3H3/q+1/p+1. The second kappa shape index (κ2) is 3.91. The molecule has 0 aliphatic heterocycles. The topological polar surface area (TPSA) is 36.4 Å². The Morgan fingerprint density at radius 3 is 2.67 bits per heavy atom. The zero-order valence-electron chi connectivity index (χ0n) is 10.8. The van der Waals surface area contributed by atoms with E-state index in [9.17, 15) is 0 Å². The minimum Gasteiger partial charge on any atom is -0.311 e. The minimum absolute atomic E-state index is 0.905. The SMILES string of the molecule is Cc1ccc(-c2nc3c(ccc[n+]3C)[nH]2)c[n+]1C. The van der Waals surface area contributed by atoms with Gasteiger partial charge in [0.2, 0.25) is 0 Å². The number of rotatable bonds is 1. The second-order valence-corrected chi connectivity index (χ2v) is 4.61. The van der Waals surface area contributed by atoms with E-state index in [0.717, 1.165) is 22.6 Å². The van der Waals surface area contributed by atoms with Crippen molar-refractivity contribution in [2.75, 3.05) is 0 Å². The van der Waals surface area contributed by atoms with Crippen molar-refractivity contribution >= 4 is 11.2 Å². The molecule has 1 N–H and O–H groups in total. The lowest BCUT2D eigenvalue weighted by Crippen LogP contribution is -2.31. The first-order valence-corrected chi connectivity index (χ1v) is 5.96. The highest BCUT2D eigenvalue weighted by molar-refractivity contribution is 5.72. The molecule has 0 aliphatic rings. The summed E-state index contributed by atoms with van der Waals surface area (Å²) in [5, 5.41) is 0. The van der Waals surface area contributed by atoms with Crippen LogP contribution >= 0.6 is 0 Å². The predicted octanol–water partition coefficient (Wildman–Crippen LogP) is 1.19. The molecule has 3 heterocycles. The highest BCUT2D eigenvalue weighted by Crippen LogP contribution is 2.17. The van der Waals surface area contributed by atoms with Crippen LogP contribution < -0.4 is 9.13 Å². The lowest BCUT2D eigenvalue weighted by atomic mass is 10.2. The molecule has 4 nitrogen and oxygen atoms in total. The number of pyridine rings is 2. The Labute approximate surface area is 106 Å². The Bertz CT molecular complexity index is 728. The summed E-state index contributed by atoms with van der Waals surface area (Å²) in [7, 11) is 4.05. The first kappa shape index (κ1) is 10.9. The maximum Gasteiger partial charge on any atom is 0.349 e. The minimum atomic E-state index is 0.905. The molecule has 3 rings (SSSR count). The lowest BCUT2D eigenvalue weighted by Gasteiger charge is -1.94. The number of aryl methyl sites for hydroxylation is 3. The van der Waals surface area contributed by atoms with Gasteiger partial charge in [-0.2, -0.15) is 0 Å². The Morgan fingerprint density at radius 2 is 1.94 bits per heavy atom. The largest absolute Gasteiger partial charge is 0.349 e. The monoisotopic (exact) mass is 240 g/mol. The summed E-state index contributed by atoms with van der Waals surface area (Å²) >= 11 is 0. The van der Waals surface area contributed by atoms with E-state index in [1.807, 2.05) is 37.0 Å². The first-order chi connectivity index (χ1) is 8.65. The number of hydrogen-bond acceptors (Lipinski definition) is 1. The summed E-state index contributed by atoms with van der Waals surface area (Å²) in [6.45, 7) is 2.09. The lowest BCUT2D eigenvalue weighted by molar-refractivity contribution is -0.677. The van der Waals surface area contributed by atoms with E-state index in [2.05, 4.69) is 39.8 Å². The molecule has 0 bridgehead atoms. The molecule has 0 atom stereocenters. The van der Waals surface area contributed by atoms with Crippen LogP contribution in [0.2, 0.25) is 0 Å². The molecule has 4 heteroatoms. The van der Waals surface area contributed by atoms with Gasteiger partial charge in [-0.15, -0.1) is 0 Å². The van der Waals surface area contributed by atoms with Crippen LogP contribution in [0, 0.1) is 6.92 Å². The summed E-state index contributed by atoms with van der Waals surface area (Å²) < 4.78 is 4.12. The normalized spacial score (nSPS) is 11.1. The van der Waals surface area contributed by atoms with Gasteiger partial charge < -0.3 is 4.98 Å². The van der Waals surface area contributed by atoms with E-state index >= 15 is 0 Å². The molecular weight excluding hydrogens is 224 g/mol. The second-order valence-electron chi connectivity index (χ2n) is 4.61.